The molecule has 1 atom stereocenters. The van der Waals surface area contributed by atoms with Crippen molar-refractivity contribution in [1.82, 2.24) is 9.97 Å². The zero-order valence-electron chi connectivity index (χ0n) is 9.06. The summed E-state index contributed by atoms with van der Waals surface area (Å²) in [6.07, 6.45) is 1.36. The fourth-order valence-corrected chi connectivity index (χ4v) is 1.49. The highest BCUT2D eigenvalue weighted by Crippen LogP contribution is 2.25. The SMILES string of the molecule is Cc1ccc(C(O)c2ccncn2)c(F)c1F. The maximum absolute atomic E-state index is 13.6. The molecule has 17 heavy (non-hydrogen) atoms. The molecule has 1 aromatic heterocycles. The molecular weight excluding hydrogens is 226 g/mol. The molecule has 0 fully saturated rings. The number of halogens is 2. The van der Waals surface area contributed by atoms with Gasteiger partial charge in [0.25, 0.3) is 0 Å². The van der Waals surface area contributed by atoms with E-state index in [0.717, 1.165) is 0 Å². The van der Waals surface area contributed by atoms with Crippen LogP contribution in [0, 0.1) is 18.6 Å². The number of rotatable bonds is 2. The quantitative estimate of drug-likeness (QED) is 0.868. The summed E-state index contributed by atoms with van der Waals surface area (Å²) in [5.74, 6) is -1.99. The molecule has 1 heterocycles. The lowest BCUT2D eigenvalue weighted by Crippen LogP contribution is -2.07. The van der Waals surface area contributed by atoms with Crippen LogP contribution in [0.5, 0.6) is 0 Å². The van der Waals surface area contributed by atoms with Gasteiger partial charge in [-0.05, 0) is 18.6 Å². The van der Waals surface area contributed by atoms with Gasteiger partial charge in [-0.2, -0.15) is 0 Å². The predicted molar refractivity (Wildman–Crippen MR) is 57.2 cm³/mol. The molecular formula is C12H10F2N2O. The Morgan fingerprint density at radius 1 is 1.18 bits per heavy atom. The van der Waals surface area contributed by atoms with E-state index in [2.05, 4.69) is 9.97 Å². The molecule has 1 N–H and O–H groups in total. The zero-order chi connectivity index (χ0) is 12.4. The van der Waals surface area contributed by atoms with Crippen LogP contribution in [0.25, 0.3) is 0 Å². The minimum absolute atomic E-state index is 0.133. The Hall–Kier alpha value is -1.88. The van der Waals surface area contributed by atoms with Crippen LogP contribution in [-0.4, -0.2) is 15.1 Å². The van der Waals surface area contributed by atoms with Crippen molar-refractivity contribution in [3.05, 3.63) is 59.2 Å². The Balaban J connectivity index is 2.45. The van der Waals surface area contributed by atoms with E-state index in [4.69, 9.17) is 0 Å². The third kappa shape index (κ3) is 2.14. The topological polar surface area (TPSA) is 46.0 Å². The monoisotopic (exact) mass is 236 g/mol. The highest BCUT2D eigenvalue weighted by molar-refractivity contribution is 5.30. The number of aromatic nitrogens is 2. The molecule has 0 radical (unpaired) electrons. The van der Waals surface area contributed by atoms with E-state index in [9.17, 15) is 13.9 Å². The van der Waals surface area contributed by atoms with Gasteiger partial charge in [-0.15, -0.1) is 0 Å². The van der Waals surface area contributed by atoms with Crippen LogP contribution in [0.2, 0.25) is 0 Å². The molecule has 1 aromatic carbocycles. The number of hydrogen-bond donors (Lipinski definition) is 1. The first kappa shape index (κ1) is 11.6. The molecule has 3 nitrogen and oxygen atoms in total. The van der Waals surface area contributed by atoms with E-state index in [0.29, 0.717) is 0 Å². The third-order valence-electron chi connectivity index (χ3n) is 2.48. The lowest BCUT2D eigenvalue weighted by Gasteiger charge is -2.12. The number of nitrogens with zero attached hydrogens (tertiary/aromatic N) is 2. The summed E-state index contributed by atoms with van der Waals surface area (Å²) in [6, 6.07) is 4.21. The molecule has 0 spiro atoms. The third-order valence-corrected chi connectivity index (χ3v) is 2.48. The van der Waals surface area contributed by atoms with Crippen molar-refractivity contribution in [3.63, 3.8) is 0 Å². The smallest absolute Gasteiger partial charge is 0.165 e. The van der Waals surface area contributed by atoms with Gasteiger partial charge >= 0.3 is 0 Å². The second-order valence-corrected chi connectivity index (χ2v) is 3.64. The Labute approximate surface area is 96.8 Å². The van der Waals surface area contributed by atoms with Crippen molar-refractivity contribution < 1.29 is 13.9 Å². The number of aliphatic hydroxyl groups excluding tert-OH is 1. The minimum Gasteiger partial charge on any atom is -0.382 e. The van der Waals surface area contributed by atoms with Gasteiger partial charge in [0.05, 0.1) is 5.69 Å². The molecule has 0 bridgehead atoms. The summed E-state index contributed by atoms with van der Waals surface area (Å²) < 4.78 is 27.0. The fraction of sp³-hybridized carbons (Fsp3) is 0.167. The number of aryl methyl sites for hydroxylation is 1. The van der Waals surface area contributed by atoms with Gasteiger partial charge in [-0.3, -0.25) is 0 Å². The summed E-state index contributed by atoms with van der Waals surface area (Å²) in [4.78, 5) is 7.48. The zero-order valence-corrected chi connectivity index (χ0v) is 9.06. The van der Waals surface area contributed by atoms with Crippen LogP contribution in [-0.2, 0) is 0 Å². The highest BCUT2D eigenvalue weighted by atomic mass is 19.2. The van der Waals surface area contributed by atoms with E-state index in [1.807, 2.05) is 0 Å². The van der Waals surface area contributed by atoms with Crippen LogP contribution in [0.3, 0.4) is 0 Å². The van der Waals surface area contributed by atoms with Gasteiger partial charge in [-0.1, -0.05) is 12.1 Å². The van der Waals surface area contributed by atoms with Crippen LogP contribution in [0.1, 0.15) is 22.9 Å². The van der Waals surface area contributed by atoms with Crippen molar-refractivity contribution in [2.24, 2.45) is 0 Å². The van der Waals surface area contributed by atoms with Crippen molar-refractivity contribution in [1.29, 1.82) is 0 Å². The van der Waals surface area contributed by atoms with Gasteiger partial charge in [0.2, 0.25) is 0 Å². The summed E-state index contributed by atoms with van der Waals surface area (Å²) in [6.45, 7) is 1.46. The van der Waals surface area contributed by atoms with Gasteiger partial charge in [0.15, 0.2) is 11.6 Å². The van der Waals surface area contributed by atoms with E-state index in [1.165, 1.54) is 37.6 Å². The molecule has 0 saturated heterocycles. The minimum atomic E-state index is -1.30. The molecule has 5 heteroatoms. The van der Waals surface area contributed by atoms with Gasteiger partial charge in [-0.25, -0.2) is 18.7 Å². The summed E-state index contributed by atoms with van der Waals surface area (Å²) in [7, 11) is 0. The molecule has 0 amide bonds. The molecule has 0 aliphatic rings. The van der Waals surface area contributed by atoms with Crippen molar-refractivity contribution in [3.8, 4) is 0 Å². The molecule has 1 unspecified atom stereocenters. The van der Waals surface area contributed by atoms with Crippen molar-refractivity contribution in [2.45, 2.75) is 13.0 Å². The first-order valence-corrected chi connectivity index (χ1v) is 4.99. The maximum Gasteiger partial charge on any atom is 0.165 e. The van der Waals surface area contributed by atoms with Crippen LogP contribution in [0.15, 0.2) is 30.7 Å². The van der Waals surface area contributed by atoms with E-state index in [-0.39, 0.29) is 16.8 Å². The Morgan fingerprint density at radius 2 is 1.94 bits per heavy atom. The van der Waals surface area contributed by atoms with E-state index < -0.39 is 17.7 Å². The summed E-state index contributed by atoms with van der Waals surface area (Å²) >= 11 is 0. The second kappa shape index (κ2) is 4.55. The molecule has 2 aromatic rings. The number of benzene rings is 1. The summed E-state index contributed by atoms with van der Waals surface area (Å²) in [5, 5.41) is 9.89. The Morgan fingerprint density at radius 3 is 2.59 bits per heavy atom. The maximum atomic E-state index is 13.6. The predicted octanol–water partition coefficient (Wildman–Crippen LogP) is 2.14. The first-order chi connectivity index (χ1) is 8.11. The van der Waals surface area contributed by atoms with E-state index >= 15 is 0 Å². The first-order valence-electron chi connectivity index (χ1n) is 4.99. The molecule has 2 rings (SSSR count). The number of hydrogen-bond acceptors (Lipinski definition) is 3. The van der Waals surface area contributed by atoms with Crippen molar-refractivity contribution >= 4 is 0 Å². The largest absolute Gasteiger partial charge is 0.382 e. The van der Waals surface area contributed by atoms with Crippen LogP contribution in [0.4, 0.5) is 8.78 Å². The normalized spacial score (nSPS) is 12.5. The molecule has 0 aliphatic heterocycles. The van der Waals surface area contributed by atoms with Crippen LogP contribution < -0.4 is 0 Å². The standard InChI is InChI=1S/C12H10F2N2O/c1-7-2-3-8(11(14)10(7)13)12(17)9-4-5-15-6-16-9/h2-6,12,17H,1H3. The second-order valence-electron chi connectivity index (χ2n) is 3.64. The lowest BCUT2D eigenvalue weighted by atomic mass is 10.0. The van der Waals surface area contributed by atoms with Gasteiger partial charge < -0.3 is 5.11 Å². The Kier molecular flexibility index (Phi) is 3.10. The molecule has 0 aliphatic carbocycles. The summed E-state index contributed by atoms with van der Waals surface area (Å²) in [5.41, 5.74) is 0.287. The fourth-order valence-electron chi connectivity index (χ4n) is 1.49. The highest BCUT2D eigenvalue weighted by Gasteiger charge is 2.19. The molecule has 0 saturated carbocycles. The van der Waals surface area contributed by atoms with E-state index in [1.54, 1.807) is 0 Å². The van der Waals surface area contributed by atoms with Gasteiger partial charge in [0, 0.05) is 11.8 Å². The average Bonchev–Trinajstić information content (AvgIpc) is 2.36. The van der Waals surface area contributed by atoms with Crippen molar-refractivity contribution in [2.75, 3.05) is 0 Å². The lowest BCUT2D eigenvalue weighted by molar-refractivity contribution is 0.208. The average molecular weight is 236 g/mol. The molecule has 88 valence electrons. The van der Waals surface area contributed by atoms with Crippen LogP contribution >= 0.6 is 0 Å². The number of aliphatic hydroxyl groups is 1. The Bertz CT molecular complexity index is 532. The van der Waals surface area contributed by atoms with Gasteiger partial charge in [0.1, 0.15) is 12.4 Å².